The molecule has 21 heavy (non-hydrogen) atoms. The summed E-state index contributed by atoms with van der Waals surface area (Å²) in [5.74, 6) is 1.70. The van der Waals surface area contributed by atoms with Crippen LogP contribution >= 0.6 is 0 Å². The quantitative estimate of drug-likeness (QED) is 0.834. The Morgan fingerprint density at radius 3 is 2.38 bits per heavy atom. The molecule has 112 valence electrons. The third kappa shape index (κ3) is 5.21. The monoisotopic (exact) mass is 285 g/mol. The van der Waals surface area contributed by atoms with Gasteiger partial charge in [-0.15, -0.1) is 0 Å². The van der Waals surface area contributed by atoms with Gasteiger partial charge in [0.25, 0.3) is 0 Å². The maximum atomic E-state index is 5.85. The van der Waals surface area contributed by atoms with Gasteiger partial charge in [0.15, 0.2) is 0 Å². The standard InChI is InChI=1S/C18H23NO2/c1-18(2,14-20-3)19-13-15-8-7-11-17(12-15)21-16-9-5-4-6-10-16/h4-12,19H,13-14H2,1-3H3. The number of benzene rings is 2. The highest BCUT2D eigenvalue weighted by Crippen LogP contribution is 2.22. The fourth-order valence-electron chi connectivity index (χ4n) is 2.10. The number of hydrogen-bond donors (Lipinski definition) is 1. The van der Waals surface area contributed by atoms with E-state index in [4.69, 9.17) is 9.47 Å². The molecule has 2 aromatic carbocycles. The van der Waals surface area contributed by atoms with Gasteiger partial charge in [-0.2, -0.15) is 0 Å². The molecule has 0 amide bonds. The summed E-state index contributed by atoms with van der Waals surface area (Å²) in [5.41, 5.74) is 1.14. The second-order valence-electron chi connectivity index (χ2n) is 5.73. The molecule has 0 saturated carbocycles. The Labute approximate surface area is 126 Å². The van der Waals surface area contributed by atoms with Crippen LogP contribution in [0.5, 0.6) is 11.5 Å². The molecule has 0 spiro atoms. The fraction of sp³-hybridized carbons (Fsp3) is 0.333. The first kappa shape index (κ1) is 15.5. The number of rotatable bonds is 7. The molecule has 0 aromatic heterocycles. The molecular formula is C18H23NO2. The van der Waals surface area contributed by atoms with Gasteiger partial charge < -0.3 is 14.8 Å². The highest BCUT2D eigenvalue weighted by molar-refractivity contribution is 5.33. The highest BCUT2D eigenvalue weighted by atomic mass is 16.5. The van der Waals surface area contributed by atoms with Gasteiger partial charge in [0.1, 0.15) is 11.5 Å². The summed E-state index contributed by atoms with van der Waals surface area (Å²) in [5, 5.41) is 3.49. The average Bonchev–Trinajstić information content (AvgIpc) is 2.47. The van der Waals surface area contributed by atoms with E-state index in [-0.39, 0.29) is 5.54 Å². The molecule has 0 atom stereocenters. The SMILES string of the molecule is COCC(C)(C)NCc1cccc(Oc2ccccc2)c1. The molecule has 0 aliphatic carbocycles. The molecule has 0 bridgehead atoms. The third-order valence-electron chi connectivity index (χ3n) is 3.15. The molecule has 2 rings (SSSR count). The predicted octanol–water partition coefficient (Wildman–Crippen LogP) is 3.99. The van der Waals surface area contributed by atoms with Gasteiger partial charge in [0.2, 0.25) is 0 Å². The van der Waals surface area contributed by atoms with E-state index in [0.29, 0.717) is 6.61 Å². The van der Waals surface area contributed by atoms with Crippen molar-refractivity contribution in [2.75, 3.05) is 13.7 Å². The van der Waals surface area contributed by atoms with Crippen LogP contribution in [0.25, 0.3) is 0 Å². The van der Waals surface area contributed by atoms with Crippen LogP contribution in [0.4, 0.5) is 0 Å². The van der Waals surface area contributed by atoms with Gasteiger partial charge >= 0.3 is 0 Å². The van der Waals surface area contributed by atoms with E-state index in [0.717, 1.165) is 18.0 Å². The molecule has 0 radical (unpaired) electrons. The van der Waals surface area contributed by atoms with E-state index in [9.17, 15) is 0 Å². The first-order valence-corrected chi connectivity index (χ1v) is 7.15. The molecule has 0 heterocycles. The van der Waals surface area contributed by atoms with Crippen LogP contribution < -0.4 is 10.1 Å². The van der Waals surface area contributed by atoms with E-state index < -0.39 is 0 Å². The molecule has 0 aliphatic heterocycles. The molecule has 0 saturated heterocycles. The van der Waals surface area contributed by atoms with Crippen molar-refractivity contribution in [3.8, 4) is 11.5 Å². The summed E-state index contributed by atoms with van der Waals surface area (Å²) < 4.78 is 11.1. The maximum absolute atomic E-state index is 5.85. The lowest BCUT2D eigenvalue weighted by atomic mass is 10.1. The van der Waals surface area contributed by atoms with Crippen LogP contribution in [-0.2, 0) is 11.3 Å². The summed E-state index contributed by atoms with van der Waals surface area (Å²) in [6, 6.07) is 17.9. The van der Waals surface area contributed by atoms with Crippen molar-refractivity contribution >= 4 is 0 Å². The van der Waals surface area contributed by atoms with Gasteiger partial charge in [0, 0.05) is 19.2 Å². The molecule has 1 N–H and O–H groups in total. The van der Waals surface area contributed by atoms with Gasteiger partial charge in [-0.1, -0.05) is 30.3 Å². The number of methoxy groups -OCH3 is 1. The van der Waals surface area contributed by atoms with Crippen LogP contribution in [0.2, 0.25) is 0 Å². The number of para-hydroxylation sites is 1. The number of ether oxygens (including phenoxy) is 2. The first-order chi connectivity index (χ1) is 10.1. The largest absolute Gasteiger partial charge is 0.457 e. The van der Waals surface area contributed by atoms with Gasteiger partial charge in [-0.25, -0.2) is 0 Å². The molecule has 0 fully saturated rings. The lowest BCUT2D eigenvalue weighted by Crippen LogP contribution is -2.42. The molecule has 3 nitrogen and oxygen atoms in total. The Hall–Kier alpha value is -1.84. The van der Waals surface area contributed by atoms with E-state index in [2.05, 4.69) is 31.3 Å². The van der Waals surface area contributed by atoms with Crippen molar-refractivity contribution in [1.29, 1.82) is 0 Å². The minimum Gasteiger partial charge on any atom is -0.457 e. The smallest absolute Gasteiger partial charge is 0.127 e. The lowest BCUT2D eigenvalue weighted by Gasteiger charge is -2.25. The Morgan fingerprint density at radius 1 is 0.952 bits per heavy atom. The minimum atomic E-state index is -0.0506. The Balaban J connectivity index is 1.98. The summed E-state index contributed by atoms with van der Waals surface area (Å²) in [7, 11) is 1.72. The molecule has 0 unspecified atom stereocenters. The summed E-state index contributed by atoms with van der Waals surface area (Å²) >= 11 is 0. The zero-order valence-corrected chi connectivity index (χ0v) is 12.9. The van der Waals surface area contributed by atoms with Crippen molar-refractivity contribution in [3.05, 3.63) is 60.2 Å². The second-order valence-corrected chi connectivity index (χ2v) is 5.73. The van der Waals surface area contributed by atoms with Gasteiger partial charge in [0.05, 0.1) is 6.61 Å². The van der Waals surface area contributed by atoms with E-state index >= 15 is 0 Å². The maximum Gasteiger partial charge on any atom is 0.127 e. The Morgan fingerprint density at radius 2 is 1.67 bits per heavy atom. The highest BCUT2D eigenvalue weighted by Gasteiger charge is 2.16. The first-order valence-electron chi connectivity index (χ1n) is 7.15. The zero-order valence-electron chi connectivity index (χ0n) is 12.9. The molecule has 0 aliphatic rings. The van der Waals surface area contributed by atoms with Crippen molar-refractivity contribution in [2.24, 2.45) is 0 Å². The number of hydrogen-bond acceptors (Lipinski definition) is 3. The Bertz CT molecular complexity index is 552. The molecule has 2 aromatic rings. The van der Waals surface area contributed by atoms with Gasteiger partial charge in [-0.05, 0) is 43.7 Å². The third-order valence-corrected chi connectivity index (χ3v) is 3.15. The van der Waals surface area contributed by atoms with Crippen LogP contribution in [0.3, 0.4) is 0 Å². The summed E-state index contributed by atoms with van der Waals surface area (Å²) in [4.78, 5) is 0. The summed E-state index contributed by atoms with van der Waals surface area (Å²) in [6.07, 6.45) is 0. The fourth-order valence-corrected chi connectivity index (χ4v) is 2.10. The van der Waals surface area contributed by atoms with Crippen molar-refractivity contribution in [1.82, 2.24) is 5.32 Å². The zero-order chi connectivity index (χ0) is 15.1. The van der Waals surface area contributed by atoms with Gasteiger partial charge in [-0.3, -0.25) is 0 Å². The summed E-state index contributed by atoms with van der Waals surface area (Å²) in [6.45, 7) is 5.71. The molecule has 3 heteroatoms. The number of nitrogens with one attached hydrogen (secondary N) is 1. The second kappa shape index (κ2) is 7.25. The van der Waals surface area contributed by atoms with E-state index in [1.807, 2.05) is 42.5 Å². The van der Waals surface area contributed by atoms with Crippen molar-refractivity contribution in [2.45, 2.75) is 25.9 Å². The van der Waals surface area contributed by atoms with Crippen LogP contribution in [-0.4, -0.2) is 19.3 Å². The Kier molecular flexibility index (Phi) is 5.37. The topological polar surface area (TPSA) is 30.5 Å². The van der Waals surface area contributed by atoms with Crippen LogP contribution in [0.1, 0.15) is 19.4 Å². The molecular weight excluding hydrogens is 262 g/mol. The van der Waals surface area contributed by atoms with Crippen molar-refractivity contribution in [3.63, 3.8) is 0 Å². The van der Waals surface area contributed by atoms with E-state index in [1.165, 1.54) is 5.56 Å². The van der Waals surface area contributed by atoms with Crippen molar-refractivity contribution < 1.29 is 9.47 Å². The van der Waals surface area contributed by atoms with Crippen LogP contribution in [0.15, 0.2) is 54.6 Å². The van der Waals surface area contributed by atoms with E-state index in [1.54, 1.807) is 7.11 Å². The lowest BCUT2D eigenvalue weighted by molar-refractivity contribution is 0.127. The average molecular weight is 285 g/mol. The van der Waals surface area contributed by atoms with Crippen LogP contribution in [0, 0.1) is 0 Å². The normalized spacial score (nSPS) is 11.4. The minimum absolute atomic E-state index is 0.0506. The predicted molar refractivity (Wildman–Crippen MR) is 85.8 cm³/mol.